The largest absolute Gasteiger partial charge is 0.478 e. The van der Waals surface area contributed by atoms with Crippen LogP contribution < -0.4 is 4.74 Å². The lowest BCUT2D eigenvalue weighted by atomic mass is 9.91. The minimum Gasteiger partial charge on any atom is -0.478 e. The molecule has 5 rings (SSSR count). The molecule has 6 nitrogen and oxygen atoms in total. The highest BCUT2D eigenvalue weighted by molar-refractivity contribution is 5.95. The smallest absolute Gasteiger partial charge is 0.339 e. The molecular weight excluding hydrogens is 404 g/mol. The van der Waals surface area contributed by atoms with E-state index >= 15 is 0 Å². The van der Waals surface area contributed by atoms with E-state index in [1.807, 2.05) is 60.7 Å². The van der Waals surface area contributed by atoms with E-state index in [0.29, 0.717) is 30.8 Å². The quantitative estimate of drug-likeness (QED) is 0.583. The van der Waals surface area contributed by atoms with E-state index in [1.165, 1.54) is 0 Å². The Morgan fingerprint density at radius 3 is 2.56 bits per heavy atom. The molecule has 1 amide bonds. The van der Waals surface area contributed by atoms with Crippen LogP contribution in [0.4, 0.5) is 0 Å². The number of amides is 1. The van der Waals surface area contributed by atoms with Crippen molar-refractivity contribution in [1.29, 1.82) is 0 Å². The standard InChI is InChI=1S/C26H24N2O4/c1-25(2,31-19-12-10-18(11-13-19)22-9-5-6-15-27-22)24(30)28-16-14-26(17-28)21-8-4-3-7-20(21)23(29)32-26/h3-13,15H,14,16-17H2,1-2H3/t26-/m0/s1. The molecule has 1 spiro atoms. The Labute approximate surface area is 186 Å². The number of carbonyl (C=O) groups excluding carboxylic acids is 2. The minimum atomic E-state index is -1.07. The maximum Gasteiger partial charge on any atom is 0.339 e. The second kappa shape index (κ2) is 7.48. The molecule has 3 aromatic rings. The third-order valence-electron chi connectivity index (χ3n) is 6.15. The normalized spacial score (nSPS) is 19.7. The van der Waals surface area contributed by atoms with E-state index in [-0.39, 0.29) is 11.9 Å². The summed E-state index contributed by atoms with van der Waals surface area (Å²) in [5.74, 6) is 0.150. The van der Waals surface area contributed by atoms with Crippen LogP contribution in [0.3, 0.4) is 0 Å². The average molecular weight is 428 g/mol. The third kappa shape index (κ3) is 3.42. The summed E-state index contributed by atoms with van der Waals surface area (Å²) >= 11 is 0. The second-order valence-electron chi connectivity index (χ2n) is 8.76. The summed E-state index contributed by atoms with van der Waals surface area (Å²) in [6, 6.07) is 20.7. The van der Waals surface area contributed by atoms with Crippen molar-refractivity contribution < 1.29 is 19.1 Å². The zero-order valence-electron chi connectivity index (χ0n) is 18.1. The number of likely N-dealkylation sites (tertiary alicyclic amines) is 1. The average Bonchev–Trinajstić information content (AvgIpc) is 3.35. The van der Waals surface area contributed by atoms with Crippen LogP contribution in [0.15, 0.2) is 72.9 Å². The first-order chi connectivity index (χ1) is 15.4. The van der Waals surface area contributed by atoms with Crippen molar-refractivity contribution in [2.45, 2.75) is 31.5 Å². The highest BCUT2D eigenvalue weighted by Gasteiger charge is 2.52. The van der Waals surface area contributed by atoms with Gasteiger partial charge in [-0.25, -0.2) is 4.79 Å². The number of fused-ring (bicyclic) bond motifs is 2. The number of hydrogen-bond donors (Lipinski definition) is 0. The molecular formula is C26H24N2O4. The summed E-state index contributed by atoms with van der Waals surface area (Å²) in [5.41, 5.74) is 1.48. The van der Waals surface area contributed by atoms with Crippen LogP contribution in [0.2, 0.25) is 0 Å². The van der Waals surface area contributed by atoms with Crippen molar-refractivity contribution in [2.75, 3.05) is 13.1 Å². The highest BCUT2D eigenvalue weighted by atomic mass is 16.6. The number of aromatic nitrogens is 1. The third-order valence-corrected chi connectivity index (χ3v) is 6.15. The highest BCUT2D eigenvalue weighted by Crippen LogP contribution is 2.43. The van der Waals surface area contributed by atoms with E-state index in [2.05, 4.69) is 4.98 Å². The lowest BCUT2D eigenvalue weighted by Gasteiger charge is -2.31. The van der Waals surface area contributed by atoms with E-state index in [9.17, 15) is 9.59 Å². The SMILES string of the molecule is CC(C)(Oc1ccc(-c2ccccn2)cc1)C(=O)N1CC[C@@]2(C1)OC(=O)c1ccccc12. The van der Waals surface area contributed by atoms with Gasteiger partial charge in [-0.2, -0.15) is 0 Å². The molecule has 0 N–H and O–H groups in total. The fourth-order valence-electron chi connectivity index (χ4n) is 4.55. The zero-order valence-corrected chi connectivity index (χ0v) is 18.1. The van der Waals surface area contributed by atoms with Gasteiger partial charge in [-0.1, -0.05) is 24.3 Å². The van der Waals surface area contributed by atoms with Crippen LogP contribution in [-0.2, 0) is 15.1 Å². The Hall–Kier alpha value is -3.67. The van der Waals surface area contributed by atoms with Crippen molar-refractivity contribution >= 4 is 11.9 Å². The van der Waals surface area contributed by atoms with E-state index < -0.39 is 11.2 Å². The van der Waals surface area contributed by atoms with Gasteiger partial charge < -0.3 is 14.4 Å². The van der Waals surface area contributed by atoms with Gasteiger partial charge in [0.05, 0.1) is 17.8 Å². The number of benzene rings is 2. The Balaban J connectivity index is 1.30. The van der Waals surface area contributed by atoms with Crippen LogP contribution >= 0.6 is 0 Å². The number of hydrogen-bond acceptors (Lipinski definition) is 5. The molecule has 2 aliphatic rings. The fourth-order valence-corrected chi connectivity index (χ4v) is 4.55. The fraction of sp³-hybridized carbons (Fsp3) is 0.269. The van der Waals surface area contributed by atoms with E-state index in [4.69, 9.17) is 9.47 Å². The first kappa shape index (κ1) is 20.2. The van der Waals surface area contributed by atoms with Crippen LogP contribution in [0, 0.1) is 0 Å². The number of esters is 1. The summed E-state index contributed by atoms with van der Waals surface area (Å²) in [5, 5.41) is 0. The molecule has 0 saturated carbocycles. The Morgan fingerprint density at radius 1 is 1.06 bits per heavy atom. The maximum atomic E-state index is 13.3. The molecule has 1 saturated heterocycles. The predicted octanol–water partition coefficient (Wildman–Crippen LogP) is 4.20. The first-order valence-corrected chi connectivity index (χ1v) is 10.7. The van der Waals surface area contributed by atoms with Crippen molar-refractivity contribution in [3.63, 3.8) is 0 Å². The number of pyridine rings is 1. The lowest BCUT2D eigenvalue weighted by Crippen LogP contribution is -2.49. The molecule has 6 heteroatoms. The van der Waals surface area contributed by atoms with Gasteiger partial charge >= 0.3 is 5.97 Å². The molecule has 0 unspecified atom stereocenters. The van der Waals surface area contributed by atoms with E-state index in [1.54, 1.807) is 31.0 Å². The second-order valence-corrected chi connectivity index (χ2v) is 8.76. The molecule has 32 heavy (non-hydrogen) atoms. The maximum absolute atomic E-state index is 13.3. The molecule has 2 aromatic carbocycles. The topological polar surface area (TPSA) is 68.7 Å². The van der Waals surface area contributed by atoms with Gasteiger partial charge in [-0.3, -0.25) is 9.78 Å². The summed E-state index contributed by atoms with van der Waals surface area (Å²) < 4.78 is 11.9. The molecule has 0 aliphatic carbocycles. The van der Waals surface area contributed by atoms with Crippen LogP contribution in [0.1, 0.15) is 36.2 Å². The van der Waals surface area contributed by atoms with E-state index in [0.717, 1.165) is 16.8 Å². The van der Waals surface area contributed by atoms with Crippen molar-refractivity contribution in [2.24, 2.45) is 0 Å². The van der Waals surface area contributed by atoms with Crippen LogP contribution in [0.25, 0.3) is 11.3 Å². The molecule has 162 valence electrons. The summed E-state index contributed by atoms with van der Waals surface area (Å²) in [7, 11) is 0. The molecule has 0 bridgehead atoms. The van der Waals surface area contributed by atoms with Crippen molar-refractivity contribution in [3.05, 3.63) is 84.1 Å². The molecule has 3 heterocycles. The molecule has 0 radical (unpaired) electrons. The molecule has 1 aromatic heterocycles. The van der Waals surface area contributed by atoms with Crippen molar-refractivity contribution in [3.8, 4) is 17.0 Å². The van der Waals surface area contributed by atoms with Gasteiger partial charge in [0.15, 0.2) is 11.2 Å². The first-order valence-electron chi connectivity index (χ1n) is 10.7. The van der Waals surface area contributed by atoms with Gasteiger partial charge in [-0.15, -0.1) is 0 Å². The van der Waals surface area contributed by atoms with Crippen LogP contribution in [0.5, 0.6) is 5.75 Å². The van der Waals surface area contributed by atoms with Gasteiger partial charge in [0, 0.05) is 30.3 Å². The molecule has 2 aliphatic heterocycles. The Kier molecular flexibility index (Phi) is 4.73. The zero-order chi connectivity index (χ0) is 22.3. The summed E-state index contributed by atoms with van der Waals surface area (Å²) in [6.45, 7) is 4.37. The summed E-state index contributed by atoms with van der Waals surface area (Å²) in [4.78, 5) is 31.7. The van der Waals surface area contributed by atoms with Crippen molar-refractivity contribution in [1.82, 2.24) is 9.88 Å². The predicted molar refractivity (Wildman–Crippen MR) is 119 cm³/mol. The number of carbonyl (C=O) groups is 2. The van der Waals surface area contributed by atoms with Gasteiger partial charge in [-0.05, 0) is 56.3 Å². The van der Waals surface area contributed by atoms with Gasteiger partial charge in [0.1, 0.15) is 5.75 Å². The Bertz CT molecular complexity index is 1170. The summed E-state index contributed by atoms with van der Waals surface area (Å²) in [6.07, 6.45) is 2.33. The molecule has 1 atom stereocenters. The number of nitrogens with zero attached hydrogens (tertiary/aromatic N) is 2. The Morgan fingerprint density at radius 2 is 1.81 bits per heavy atom. The number of ether oxygens (including phenoxy) is 2. The van der Waals surface area contributed by atoms with Gasteiger partial charge in [0.25, 0.3) is 5.91 Å². The van der Waals surface area contributed by atoms with Crippen LogP contribution in [-0.4, -0.2) is 40.5 Å². The number of rotatable bonds is 4. The van der Waals surface area contributed by atoms with Gasteiger partial charge in [0.2, 0.25) is 0 Å². The lowest BCUT2D eigenvalue weighted by molar-refractivity contribution is -0.145. The molecule has 1 fully saturated rings. The monoisotopic (exact) mass is 428 g/mol. The minimum absolute atomic E-state index is 0.136.